The molecule has 88 valence electrons. The third-order valence-corrected chi connectivity index (χ3v) is 3.35. The fraction of sp³-hybridized carbons (Fsp3) is 0.500. The molecule has 1 saturated heterocycles. The lowest BCUT2D eigenvalue weighted by Crippen LogP contribution is -2.38. The third-order valence-electron chi connectivity index (χ3n) is 2.99. The van der Waals surface area contributed by atoms with E-state index in [0.29, 0.717) is 36.6 Å². The highest BCUT2D eigenvalue weighted by Gasteiger charge is 2.31. The maximum absolute atomic E-state index is 13.5. The molecular weight excluding hydrogens is 231 g/mol. The van der Waals surface area contributed by atoms with E-state index >= 15 is 0 Å². The van der Waals surface area contributed by atoms with Gasteiger partial charge in [-0.15, -0.1) is 0 Å². The highest BCUT2D eigenvalue weighted by atomic mass is 35.5. The summed E-state index contributed by atoms with van der Waals surface area (Å²) in [7, 11) is 0. The van der Waals surface area contributed by atoms with Crippen LogP contribution in [0.15, 0.2) is 18.2 Å². The van der Waals surface area contributed by atoms with Crippen molar-refractivity contribution in [2.45, 2.75) is 24.9 Å². The SMILES string of the molecule is OC1(Cc2c(F)cccc2Cl)CCOCC1. The maximum atomic E-state index is 13.5. The fourth-order valence-electron chi connectivity index (χ4n) is 1.96. The molecule has 1 aromatic carbocycles. The van der Waals surface area contributed by atoms with Crippen LogP contribution in [0, 0.1) is 5.82 Å². The van der Waals surface area contributed by atoms with E-state index in [0.717, 1.165) is 0 Å². The average Bonchev–Trinajstić information content (AvgIpc) is 2.25. The Morgan fingerprint density at radius 2 is 2.06 bits per heavy atom. The summed E-state index contributed by atoms with van der Waals surface area (Å²) in [6, 6.07) is 4.57. The number of aliphatic hydroxyl groups is 1. The summed E-state index contributed by atoms with van der Waals surface area (Å²) in [5, 5.41) is 10.6. The molecular formula is C12H14ClFO2. The fourth-order valence-corrected chi connectivity index (χ4v) is 2.19. The molecule has 16 heavy (non-hydrogen) atoms. The Morgan fingerprint density at radius 3 is 2.69 bits per heavy atom. The van der Waals surface area contributed by atoms with E-state index in [1.165, 1.54) is 6.07 Å². The van der Waals surface area contributed by atoms with Crippen LogP contribution in [0.2, 0.25) is 5.02 Å². The first-order valence-corrected chi connectivity index (χ1v) is 5.72. The predicted octanol–water partition coefficient (Wildman–Crippen LogP) is 2.56. The van der Waals surface area contributed by atoms with Crippen molar-refractivity contribution in [3.8, 4) is 0 Å². The van der Waals surface area contributed by atoms with E-state index in [1.54, 1.807) is 12.1 Å². The molecule has 0 atom stereocenters. The molecule has 0 spiro atoms. The van der Waals surface area contributed by atoms with Crippen molar-refractivity contribution in [2.24, 2.45) is 0 Å². The number of ether oxygens (including phenoxy) is 1. The molecule has 1 aromatic rings. The molecule has 0 aromatic heterocycles. The van der Waals surface area contributed by atoms with Crippen LogP contribution in [0.4, 0.5) is 4.39 Å². The second-order valence-electron chi connectivity index (χ2n) is 4.21. The summed E-state index contributed by atoms with van der Waals surface area (Å²) < 4.78 is 18.7. The number of hydrogen-bond acceptors (Lipinski definition) is 2. The highest BCUT2D eigenvalue weighted by molar-refractivity contribution is 6.31. The zero-order valence-corrected chi connectivity index (χ0v) is 9.63. The van der Waals surface area contributed by atoms with Crippen LogP contribution < -0.4 is 0 Å². The van der Waals surface area contributed by atoms with E-state index in [4.69, 9.17) is 16.3 Å². The van der Waals surface area contributed by atoms with Gasteiger partial charge in [-0.2, -0.15) is 0 Å². The standard InChI is InChI=1S/C12H14ClFO2/c13-10-2-1-3-11(14)9(10)8-12(15)4-6-16-7-5-12/h1-3,15H,4-8H2. The highest BCUT2D eigenvalue weighted by Crippen LogP contribution is 2.29. The van der Waals surface area contributed by atoms with Gasteiger partial charge in [-0.1, -0.05) is 17.7 Å². The van der Waals surface area contributed by atoms with Crippen LogP contribution in [0.3, 0.4) is 0 Å². The monoisotopic (exact) mass is 244 g/mol. The smallest absolute Gasteiger partial charge is 0.127 e. The molecule has 2 nitrogen and oxygen atoms in total. The first kappa shape index (κ1) is 11.8. The van der Waals surface area contributed by atoms with Crippen LogP contribution in [-0.2, 0) is 11.2 Å². The van der Waals surface area contributed by atoms with Gasteiger partial charge in [0.25, 0.3) is 0 Å². The first-order chi connectivity index (χ1) is 7.61. The molecule has 1 aliphatic rings. The minimum atomic E-state index is -0.885. The van der Waals surface area contributed by atoms with Gasteiger partial charge in [0.2, 0.25) is 0 Å². The number of benzene rings is 1. The van der Waals surface area contributed by atoms with Gasteiger partial charge in [-0.05, 0) is 25.0 Å². The Hall–Kier alpha value is -0.640. The molecule has 1 N–H and O–H groups in total. The summed E-state index contributed by atoms with van der Waals surface area (Å²) >= 11 is 5.93. The van der Waals surface area contributed by atoms with E-state index in [-0.39, 0.29) is 12.2 Å². The minimum Gasteiger partial charge on any atom is -0.389 e. The van der Waals surface area contributed by atoms with Crippen LogP contribution >= 0.6 is 11.6 Å². The second-order valence-corrected chi connectivity index (χ2v) is 4.62. The van der Waals surface area contributed by atoms with Gasteiger partial charge in [-0.25, -0.2) is 4.39 Å². The molecule has 0 saturated carbocycles. The van der Waals surface area contributed by atoms with E-state index in [2.05, 4.69) is 0 Å². The van der Waals surface area contributed by atoms with Crippen molar-refractivity contribution in [1.29, 1.82) is 0 Å². The van der Waals surface area contributed by atoms with Crippen LogP contribution in [0.1, 0.15) is 18.4 Å². The summed E-state index contributed by atoms with van der Waals surface area (Å²) in [6.07, 6.45) is 1.30. The van der Waals surface area contributed by atoms with Gasteiger partial charge >= 0.3 is 0 Å². The van der Waals surface area contributed by atoms with Crippen molar-refractivity contribution in [3.63, 3.8) is 0 Å². The number of halogens is 2. The van der Waals surface area contributed by atoms with Crippen LogP contribution in [0.5, 0.6) is 0 Å². The zero-order valence-electron chi connectivity index (χ0n) is 8.88. The van der Waals surface area contributed by atoms with Crippen molar-refractivity contribution < 1.29 is 14.2 Å². The predicted molar refractivity (Wildman–Crippen MR) is 60.1 cm³/mol. The van der Waals surface area contributed by atoms with Crippen molar-refractivity contribution in [1.82, 2.24) is 0 Å². The van der Waals surface area contributed by atoms with Gasteiger partial charge in [0.15, 0.2) is 0 Å². The van der Waals surface area contributed by atoms with Crippen molar-refractivity contribution in [2.75, 3.05) is 13.2 Å². The van der Waals surface area contributed by atoms with Crippen molar-refractivity contribution >= 4 is 11.6 Å². The summed E-state index contributed by atoms with van der Waals surface area (Å²) in [6.45, 7) is 1.03. The van der Waals surface area contributed by atoms with Gasteiger partial charge in [0.1, 0.15) is 5.82 Å². The van der Waals surface area contributed by atoms with Crippen LogP contribution in [0.25, 0.3) is 0 Å². The molecule has 1 fully saturated rings. The molecule has 0 bridgehead atoms. The normalized spacial score (nSPS) is 19.7. The summed E-state index contributed by atoms with van der Waals surface area (Å²) in [4.78, 5) is 0. The Kier molecular flexibility index (Phi) is 3.47. The van der Waals surface area contributed by atoms with Crippen molar-refractivity contribution in [3.05, 3.63) is 34.6 Å². The molecule has 1 heterocycles. The van der Waals surface area contributed by atoms with Crippen LogP contribution in [-0.4, -0.2) is 23.9 Å². The summed E-state index contributed by atoms with van der Waals surface area (Å²) in [5.41, 5.74) is -0.488. The second kappa shape index (κ2) is 4.70. The third kappa shape index (κ3) is 2.54. The number of rotatable bonds is 2. The lowest BCUT2D eigenvalue weighted by atomic mass is 9.87. The van der Waals surface area contributed by atoms with Gasteiger partial charge in [-0.3, -0.25) is 0 Å². The maximum Gasteiger partial charge on any atom is 0.127 e. The molecule has 4 heteroatoms. The zero-order chi connectivity index (χ0) is 11.6. The topological polar surface area (TPSA) is 29.5 Å². The Balaban J connectivity index is 2.19. The minimum absolute atomic E-state index is 0.252. The lowest BCUT2D eigenvalue weighted by Gasteiger charge is -2.32. The molecule has 2 rings (SSSR count). The van der Waals surface area contributed by atoms with E-state index in [9.17, 15) is 9.50 Å². The van der Waals surface area contributed by atoms with E-state index < -0.39 is 5.60 Å². The van der Waals surface area contributed by atoms with E-state index in [1.807, 2.05) is 0 Å². The average molecular weight is 245 g/mol. The molecule has 0 unspecified atom stereocenters. The molecule has 1 aliphatic heterocycles. The lowest BCUT2D eigenvalue weighted by molar-refractivity contribution is -0.0629. The molecule has 0 amide bonds. The Morgan fingerprint density at radius 1 is 1.38 bits per heavy atom. The molecule has 0 aliphatic carbocycles. The largest absolute Gasteiger partial charge is 0.389 e. The van der Waals surface area contributed by atoms with Gasteiger partial charge in [0.05, 0.1) is 5.60 Å². The van der Waals surface area contributed by atoms with Gasteiger partial charge in [0, 0.05) is 30.2 Å². The Labute approximate surface area is 99.0 Å². The molecule has 0 radical (unpaired) electrons. The quantitative estimate of drug-likeness (QED) is 0.867. The van der Waals surface area contributed by atoms with Gasteiger partial charge < -0.3 is 9.84 Å². The first-order valence-electron chi connectivity index (χ1n) is 5.34. The summed E-state index contributed by atoms with van der Waals surface area (Å²) in [5.74, 6) is -0.354. The number of hydrogen-bond donors (Lipinski definition) is 1. The Bertz CT molecular complexity index is 355.